The molecule has 2 atom stereocenters. The van der Waals surface area contributed by atoms with Gasteiger partial charge in [0, 0.05) is 42.2 Å². The third-order valence-electron chi connectivity index (χ3n) is 6.79. The average molecular weight is 557 g/mol. The first-order valence-corrected chi connectivity index (χ1v) is 12.2. The van der Waals surface area contributed by atoms with Gasteiger partial charge in [-0.05, 0) is 50.1 Å². The van der Waals surface area contributed by atoms with Gasteiger partial charge < -0.3 is 15.0 Å². The largest absolute Gasteiger partial charge is 0.452 e. The molecule has 0 radical (unpaired) electrons. The maximum Gasteiger partial charge on any atom is 0.425 e. The van der Waals surface area contributed by atoms with Crippen molar-refractivity contribution in [2.24, 2.45) is 10.9 Å². The maximum absolute atomic E-state index is 15.0. The Balaban J connectivity index is 1.58. The molecule has 0 aliphatic carbocycles. The normalized spacial score (nSPS) is 22.2. The predicted molar refractivity (Wildman–Crippen MR) is 130 cm³/mol. The van der Waals surface area contributed by atoms with Gasteiger partial charge in [0.1, 0.15) is 5.82 Å². The number of hydrogen-bond acceptors (Lipinski definition) is 4. The van der Waals surface area contributed by atoms with Crippen molar-refractivity contribution in [3.8, 4) is 0 Å². The summed E-state index contributed by atoms with van der Waals surface area (Å²) in [6.45, 7) is 1.47. The minimum absolute atomic E-state index is 0.0775. The van der Waals surface area contributed by atoms with Crippen LogP contribution in [-0.4, -0.2) is 54.7 Å². The van der Waals surface area contributed by atoms with Crippen molar-refractivity contribution >= 4 is 23.6 Å². The van der Waals surface area contributed by atoms with Crippen LogP contribution in [0.25, 0.3) is 0 Å². The Bertz CT molecular complexity index is 1230. The van der Waals surface area contributed by atoms with E-state index in [0.717, 1.165) is 12.1 Å². The third-order valence-corrected chi connectivity index (χ3v) is 6.79. The highest BCUT2D eigenvalue weighted by atomic mass is 19.4. The van der Waals surface area contributed by atoms with Crippen LogP contribution in [0.1, 0.15) is 42.1 Å². The number of aliphatic imine (C=N–C) groups is 1. The van der Waals surface area contributed by atoms with E-state index in [1.165, 1.54) is 30.0 Å². The number of nitrogens with zero attached hydrogens (tertiary/aromatic N) is 2. The molecule has 2 aromatic rings. The summed E-state index contributed by atoms with van der Waals surface area (Å²) >= 11 is 0. The highest BCUT2D eigenvalue weighted by Gasteiger charge is 2.50. The summed E-state index contributed by atoms with van der Waals surface area (Å²) < 4.78 is 87.1. The molecule has 0 unspecified atom stereocenters. The van der Waals surface area contributed by atoms with Crippen LogP contribution < -0.4 is 10.6 Å². The third kappa shape index (κ3) is 6.63. The fraction of sp³-hybridized carbons (Fsp3) is 0.423. The van der Waals surface area contributed by atoms with E-state index in [1.54, 1.807) is 18.2 Å². The smallest absolute Gasteiger partial charge is 0.425 e. The second kappa shape index (κ2) is 11.1. The van der Waals surface area contributed by atoms with Crippen molar-refractivity contribution in [1.29, 1.82) is 0 Å². The number of benzene rings is 2. The zero-order valence-corrected chi connectivity index (χ0v) is 20.8. The second-order valence-corrected chi connectivity index (χ2v) is 9.65. The van der Waals surface area contributed by atoms with Crippen LogP contribution in [0.3, 0.4) is 0 Å². The van der Waals surface area contributed by atoms with E-state index < -0.39 is 60.4 Å². The lowest BCUT2D eigenvalue weighted by molar-refractivity contribution is -0.208. The number of likely N-dealkylation sites (tertiary alicyclic amines) is 1. The molecule has 4 rings (SSSR count). The Morgan fingerprint density at radius 2 is 1.74 bits per heavy atom. The Hall–Kier alpha value is -3.77. The molecular formula is C26H26F6N4O3. The van der Waals surface area contributed by atoms with Crippen molar-refractivity contribution in [2.45, 2.75) is 50.4 Å². The fourth-order valence-electron chi connectivity index (χ4n) is 4.58. The Kier molecular flexibility index (Phi) is 8.07. The Morgan fingerprint density at radius 3 is 2.36 bits per heavy atom. The number of amides is 3. The number of carbonyl (C=O) groups excluding carboxylic acids is 2. The standard InChI is InChI=1S/C26H26F6N4O3/c1-25(14-20(26(30,31)32)39-23(35-25)34-22(37)16-5-3-2-4-6-16)18-13-17(7-8-19(18)27)33-24(38)36-11-9-15(10-12-36)21(28)29/h2-8,13,15,20-21H,9-12,14H2,1H3,(H,33,38)(H,34,35,37)/t20-,25+/m0/s1. The van der Waals surface area contributed by atoms with Gasteiger partial charge in [0.05, 0.1) is 5.54 Å². The van der Waals surface area contributed by atoms with Crippen LogP contribution in [0.2, 0.25) is 0 Å². The van der Waals surface area contributed by atoms with Gasteiger partial charge in [0.2, 0.25) is 6.43 Å². The van der Waals surface area contributed by atoms with E-state index in [9.17, 15) is 31.5 Å². The highest BCUT2D eigenvalue weighted by Crippen LogP contribution is 2.41. The molecule has 0 spiro atoms. The van der Waals surface area contributed by atoms with Gasteiger partial charge in [-0.1, -0.05) is 18.2 Å². The first-order chi connectivity index (χ1) is 18.4. The maximum atomic E-state index is 15.0. The summed E-state index contributed by atoms with van der Waals surface area (Å²) in [6, 6.07) is 9.72. The summed E-state index contributed by atoms with van der Waals surface area (Å²) in [5.74, 6) is -2.44. The molecule has 13 heteroatoms. The van der Waals surface area contributed by atoms with Gasteiger partial charge >= 0.3 is 12.2 Å². The van der Waals surface area contributed by atoms with E-state index in [-0.39, 0.29) is 42.7 Å². The van der Waals surface area contributed by atoms with E-state index in [1.807, 2.05) is 0 Å². The van der Waals surface area contributed by atoms with E-state index in [0.29, 0.717) is 0 Å². The van der Waals surface area contributed by atoms with E-state index in [4.69, 9.17) is 4.74 Å². The van der Waals surface area contributed by atoms with Crippen molar-refractivity contribution < 1.29 is 40.7 Å². The number of anilines is 1. The SMILES string of the molecule is C[C@]1(c2cc(NC(=O)N3CCC(C(F)F)CC3)ccc2F)C[C@@H](C(F)(F)F)OC(NC(=O)c2ccccc2)=N1. The molecule has 39 heavy (non-hydrogen) atoms. The second-order valence-electron chi connectivity index (χ2n) is 9.65. The number of halogens is 6. The van der Waals surface area contributed by atoms with Gasteiger partial charge in [-0.15, -0.1) is 0 Å². The first-order valence-electron chi connectivity index (χ1n) is 12.2. The van der Waals surface area contributed by atoms with Crippen molar-refractivity contribution in [2.75, 3.05) is 18.4 Å². The Labute approximate surface area is 220 Å². The zero-order chi connectivity index (χ0) is 28.4. The quantitative estimate of drug-likeness (QED) is 0.475. The van der Waals surface area contributed by atoms with Crippen LogP contribution in [-0.2, 0) is 10.3 Å². The molecule has 210 valence electrons. The number of carbonyl (C=O) groups is 2. The summed E-state index contributed by atoms with van der Waals surface area (Å²) in [4.78, 5) is 30.7. The molecule has 0 bridgehead atoms. The lowest BCUT2D eigenvalue weighted by Gasteiger charge is -2.37. The average Bonchev–Trinajstić information content (AvgIpc) is 2.89. The molecule has 0 aromatic heterocycles. The number of rotatable bonds is 4. The van der Waals surface area contributed by atoms with Crippen molar-refractivity contribution in [3.05, 3.63) is 65.5 Å². The minimum Gasteiger partial charge on any atom is -0.452 e. The summed E-state index contributed by atoms with van der Waals surface area (Å²) in [7, 11) is 0. The lowest BCUT2D eigenvalue weighted by Crippen LogP contribution is -2.48. The molecule has 2 aliphatic heterocycles. The molecule has 1 fully saturated rings. The topological polar surface area (TPSA) is 83.0 Å². The van der Waals surface area contributed by atoms with Crippen LogP contribution >= 0.6 is 0 Å². The van der Waals surface area contributed by atoms with Crippen LogP contribution in [0.5, 0.6) is 0 Å². The molecule has 2 aliphatic rings. The monoisotopic (exact) mass is 556 g/mol. The summed E-state index contributed by atoms with van der Waals surface area (Å²) in [6.07, 6.45) is -10.3. The van der Waals surface area contributed by atoms with Gasteiger partial charge in [0.25, 0.3) is 11.9 Å². The molecule has 2 aromatic carbocycles. The number of piperidine rings is 1. The number of urea groups is 1. The first kappa shape index (κ1) is 28.2. The minimum atomic E-state index is -4.85. The lowest BCUT2D eigenvalue weighted by atomic mass is 9.85. The number of nitrogens with one attached hydrogen (secondary N) is 2. The van der Waals surface area contributed by atoms with Crippen LogP contribution in [0, 0.1) is 11.7 Å². The molecule has 7 nitrogen and oxygen atoms in total. The van der Waals surface area contributed by atoms with Gasteiger partial charge in [0.15, 0.2) is 6.10 Å². The van der Waals surface area contributed by atoms with Crippen LogP contribution in [0.4, 0.5) is 36.8 Å². The van der Waals surface area contributed by atoms with Gasteiger partial charge in [-0.2, -0.15) is 13.2 Å². The van der Waals surface area contributed by atoms with Gasteiger partial charge in [-0.3, -0.25) is 10.1 Å². The van der Waals surface area contributed by atoms with Crippen molar-refractivity contribution in [1.82, 2.24) is 10.2 Å². The van der Waals surface area contributed by atoms with Crippen LogP contribution in [0.15, 0.2) is 53.5 Å². The number of amidine groups is 1. The number of alkyl halides is 5. The fourth-order valence-corrected chi connectivity index (χ4v) is 4.58. The summed E-state index contributed by atoms with van der Waals surface area (Å²) in [5.41, 5.74) is -1.87. The molecule has 1 saturated heterocycles. The zero-order valence-electron chi connectivity index (χ0n) is 20.8. The number of hydrogen-bond donors (Lipinski definition) is 2. The molecule has 2 N–H and O–H groups in total. The van der Waals surface area contributed by atoms with Gasteiger partial charge in [-0.25, -0.2) is 23.0 Å². The van der Waals surface area contributed by atoms with E-state index >= 15 is 4.39 Å². The predicted octanol–water partition coefficient (Wildman–Crippen LogP) is 5.69. The summed E-state index contributed by atoms with van der Waals surface area (Å²) in [5, 5.41) is 4.77. The van der Waals surface area contributed by atoms with Crippen molar-refractivity contribution in [3.63, 3.8) is 0 Å². The molecular weight excluding hydrogens is 530 g/mol. The highest BCUT2D eigenvalue weighted by molar-refractivity contribution is 6.04. The molecule has 2 heterocycles. The Morgan fingerprint density at radius 1 is 1.08 bits per heavy atom. The van der Waals surface area contributed by atoms with E-state index in [2.05, 4.69) is 15.6 Å². The number of ether oxygens (including phenoxy) is 1. The molecule has 0 saturated carbocycles. The molecule has 3 amide bonds.